The third kappa shape index (κ3) is 3.87. The van der Waals surface area contributed by atoms with Crippen molar-refractivity contribution in [3.63, 3.8) is 0 Å². The lowest BCUT2D eigenvalue weighted by molar-refractivity contribution is 0.0732. The number of piperazine rings is 1. The molecule has 1 fully saturated rings. The van der Waals surface area contributed by atoms with Gasteiger partial charge in [-0.05, 0) is 34.7 Å². The topological polar surface area (TPSA) is 41.6 Å². The van der Waals surface area contributed by atoms with Gasteiger partial charge in [0.05, 0.1) is 17.7 Å². The van der Waals surface area contributed by atoms with Crippen LogP contribution in [0.15, 0.2) is 12.1 Å². The number of hydrogen-bond acceptors (Lipinski definition) is 3. The van der Waals surface area contributed by atoms with Crippen LogP contribution in [-0.2, 0) is 0 Å². The summed E-state index contributed by atoms with van der Waals surface area (Å²) in [4.78, 5) is 14.2. The predicted molar refractivity (Wildman–Crippen MR) is 86.7 cm³/mol. The number of halogens is 3. The Hall–Kier alpha value is -0.240. The van der Waals surface area contributed by atoms with E-state index in [0.717, 1.165) is 16.7 Å². The average molecular weight is 417 g/mol. The van der Waals surface area contributed by atoms with Gasteiger partial charge in [0.15, 0.2) is 0 Å². The number of nitrogens with one attached hydrogen (secondary N) is 1. The van der Waals surface area contributed by atoms with E-state index >= 15 is 0 Å². The van der Waals surface area contributed by atoms with Crippen LogP contribution in [-0.4, -0.2) is 44.1 Å². The van der Waals surface area contributed by atoms with Crippen LogP contribution in [0, 0.1) is 3.57 Å². The fourth-order valence-corrected chi connectivity index (χ4v) is 2.51. The van der Waals surface area contributed by atoms with Crippen LogP contribution in [0.4, 0.5) is 0 Å². The van der Waals surface area contributed by atoms with E-state index in [-0.39, 0.29) is 18.3 Å². The molecule has 1 heterocycles. The summed E-state index contributed by atoms with van der Waals surface area (Å²) in [5, 5.41) is 3.80. The fraction of sp³-hybridized carbons (Fsp3) is 0.417. The van der Waals surface area contributed by atoms with Gasteiger partial charge in [0.1, 0.15) is 5.75 Å². The Kier molecular flexibility index (Phi) is 6.65. The van der Waals surface area contributed by atoms with Crippen molar-refractivity contribution in [2.75, 3.05) is 33.3 Å². The number of carbonyl (C=O) groups is 1. The molecule has 7 heteroatoms. The summed E-state index contributed by atoms with van der Waals surface area (Å²) in [5.74, 6) is 0.555. The molecule has 0 spiro atoms. The van der Waals surface area contributed by atoms with Crippen LogP contribution in [0.3, 0.4) is 0 Å². The largest absolute Gasteiger partial charge is 0.496 e. The van der Waals surface area contributed by atoms with Gasteiger partial charge in [-0.1, -0.05) is 11.6 Å². The van der Waals surface area contributed by atoms with Gasteiger partial charge in [-0.3, -0.25) is 4.79 Å². The van der Waals surface area contributed by atoms with Gasteiger partial charge in [0.25, 0.3) is 5.91 Å². The molecule has 1 aliphatic rings. The molecule has 1 N–H and O–H groups in total. The molecule has 1 aromatic carbocycles. The van der Waals surface area contributed by atoms with Crippen LogP contribution in [0.25, 0.3) is 0 Å². The summed E-state index contributed by atoms with van der Waals surface area (Å²) in [5.41, 5.74) is 0.532. The number of rotatable bonds is 2. The number of ether oxygens (including phenoxy) is 1. The molecular weight excluding hydrogens is 402 g/mol. The highest BCUT2D eigenvalue weighted by Gasteiger charge is 2.22. The first-order valence-corrected chi connectivity index (χ1v) is 7.12. The minimum atomic E-state index is -0.0216. The Bertz CT molecular complexity index is 465. The Morgan fingerprint density at radius 2 is 2.05 bits per heavy atom. The second-order valence-electron chi connectivity index (χ2n) is 4.01. The van der Waals surface area contributed by atoms with E-state index in [9.17, 15) is 4.79 Å². The molecule has 0 aromatic heterocycles. The molecule has 0 saturated carbocycles. The predicted octanol–water partition coefficient (Wildman–Crippen LogP) is 2.42. The van der Waals surface area contributed by atoms with Crippen LogP contribution in [0.5, 0.6) is 5.75 Å². The van der Waals surface area contributed by atoms with Crippen molar-refractivity contribution in [3.05, 3.63) is 26.3 Å². The standard InChI is InChI=1S/C12H14ClIN2O2.ClH/c1-18-11-7-10(14)9(13)6-8(11)12(17)16-4-2-15-3-5-16;/h6-7,15H,2-5H2,1H3;1H. The van der Waals surface area contributed by atoms with Crippen molar-refractivity contribution in [2.45, 2.75) is 0 Å². The maximum atomic E-state index is 12.4. The van der Waals surface area contributed by atoms with E-state index < -0.39 is 0 Å². The van der Waals surface area contributed by atoms with Gasteiger partial charge < -0.3 is 15.0 Å². The maximum Gasteiger partial charge on any atom is 0.257 e. The molecule has 2 rings (SSSR count). The molecule has 1 saturated heterocycles. The zero-order valence-electron chi connectivity index (χ0n) is 10.4. The second kappa shape index (κ2) is 7.52. The van der Waals surface area contributed by atoms with Crippen molar-refractivity contribution >= 4 is 52.5 Å². The van der Waals surface area contributed by atoms with Crippen molar-refractivity contribution < 1.29 is 9.53 Å². The summed E-state index contributed by atoms with van der Waals surface area (Å²) >= 11 is 8.20. The van der Waals surface area contributed by atoms with Gasteiger partial charge in [-0.25, -0.2) is 0 Å². The monoisotopic (exact) mass is 416 g/mol. The number of methoxy groups -OCH3 is 1. The molecule has 106 valence electrons. The summed E-state index contributed by atoms with van der Waals surface area (Å²) in [6.45, 7) is 3.08. The molecule has 0 bridgehead atoms. The number of nitrogens with zero attached hydrogens (tertiary/aromatic N) is 1. The number of benzene rings is 1. The van der Waals surface area contributed by atoms with Crippen LogP contribution in [0.2, 0.25) is 5.02 Å². The normalized spacial score (nSPS) is 14.8. The second-order valence-corrected chi connectivity index (χ2v) is 5.58. The van der Waals surface area contributed by atoms with E-state index in [2.05, 4.69) is 27.9 Å². The molecule has 1 aliphatic heterocycles. The Labute approximate surface area is 137 Å². The summed E-state index contributed by atoms with van der Waals surface area (Å²) in [6.07, 6.45) is 0. The highest BCUT2D eigenvalue weighted by Crippen LogP contribution is 2.29. The highest BCUT2D eigenvalue weighted by molar-refractivity contribution is 14.1. The fourth-order valence-electron chi connectivity index (χ4n) is 1.90. The van der Waals surface area contributed by atoms with Gasteiger partial charge in [0, 0.05) is 29.7 Å². The van der Waals surface area contributed by atoms with E-state index in [4.69, 9.17) is 16.3 Å². The van der Waals surface area contributed by atoms with E-state index in [1.807, 2.05) is 4.90 Å². The Morgan fingerprint density at radius 1 is 1.42 bits per heavy atom. The van der Waals surface area contributed by atoms with Gasteiger partial charge in [-0.15, -0.1) is 12.4 Å². The van der Waals surface area contributed by atoms with E-state index in [1.165, 1.54) is 0 Å². The summed E-state index contributed by atoms with van der Waals surface area (Å²) in [7, 11) is 1.56. The Balaban J connectivity index is 0.00000180. The summed E-state index contributed by atoms with van der Waals surface area (Å²) < 4.78 is 6.14. The number of amides is 1. The molecule has 4 nitrogen and oxygen atoms in total. The minimum absolute atomic E-state index is 0. The molecule has 0 unspecified atom stereocenters. The van der Waals surface area contributed by atoms with Crippen molar-refractivity contribution in [1.29, 1.82) is 0 Å². The van der Waals surface area contributed by atoms with Crippen LogP contribution >= 0.6 is 46.6 Å². The minimum Gasteiger partial charge on any atom is -0.496 e. The zero-order chi connectivity index (χ0) is 13.1. The molecule has 0 aliphatic carbocycles. The molecule has 1 aromatic rings. The molecule has 19 heavy (non-hydrogen) atoms. The quantitative estimate of drug-likeness (QED) is 0.753. The number of hydrogen-bond donors (Lipinski definition) is 1. The molecule has 0 radical (unpaired) electrons. The van der Waals surface area contributed by atoms with E-state index in [0.29, 0.717) is 29.4 Å². The maximum absolute atomic E-state index is 12.4. The lowest BCUT2D eigenvalue weighted by Gasteiger charge is -2.28. The first-order chi connectivity index (χ1) is 8.63. The molecule has 1 amide bonds. The third-order valence-corrected chi connectivity index (χ3v) is 4.40. The first-order valence-electron chi connectivity index (χ1n) is 5.66. The lowest BCUT2D eigenvalue weighted by atomic mass is 10.1. The summed E-state index contributed by atoms with van der Waals surface area (Å²) in [6, 6.07) is 3.48. The zero-order valence-corrected chi connectivity index (χ0v) is 14.1. The lowest BCUT2D eigenvalue weighted by Crippen LogP contribution is -2.46. The van der Waals surface area contributed by atoms with Gasteiger partial charge >= 0.3 is 0 Å². The van der Waals surface area contributed by atoms with Crippen molar-refractivity contribution in [1.82, 2.24) is 10.2 Å². The third-order valence-electron chi connectivity index (χ3n) is 2.88. The smallest absolute Gasteiger partial charge is 0.257 e. The first kappa shape index (κ1) is 16.8. The van der Waals surface area contributed by atoms with Crippen LogP contribution in [0.1, 0.15) is 10.4 Å². The molecule has 0 atom stereocenters. The van der Waals surface area contributed by atoms with Gasteiger partial charge in [-0.2, -0.15) is 0 Å². The van der Waals surface area contributed by atoms with Gasteiger partial charge in [0.2, 0.25) is 0 Å². The highest BCUT2D eigenvalue weighted by atomic mass is 127. The van der Waals surface area contributed by atoms with Crippen molar-refractivity contribution in [2.24, 2.45) is 0 Å². The van der Waals surface area contributed by atoms with Crippen molar-refractivity contribution in [3.8, 4) is 5.75 Å². The Morgan fingerprint density at radius 3 is 2.63 bits per heavy atom. The molecular formula is C12H15Cl2IN2O2. The van der Waals surface area contributed by atoms with Crippen LogP contribution < -0.4 is 10.1 Å². The van der Waals surface area contributed by atoms with E-state index in [1.54, 1.807) is 19.2 Å². The number of carbonyl (C=O) groups excluding carboxylic acids is 1. The average Bonchev–Trinajstić information content (AvgIpc) is 2.41. The SMILES string of the molecule is COc1cc(I)c(Cl)cc1C(=O)N1CCNCC1.Cl.